The lowest BCUT2D eigenvalue weighted by atomic mass is 9.98. The van der Waals surface area contributed by atoms with E-state index in [9.17, 15) is 9.59 Å². The summed E-state index contributed by atoms with van der Waals surface area (Å²) >= 11 is 0. The van der Waals surface area contributed by atoms with Crippen molar-refractivity contribution >= 4 is 12.0 Å². The summed E-state index contributed by atoms with van der Waals surface area (Å²) in [6, 6.07) is -0.962. The van der Waals surface area contributed by atoms with Crippen molar-refractivity contribution in [2.24, 2.45) is 0 Å². The maximum Gasteiger partial charge on any atom is 0.326 e. The van der Waals surface area contributed by atoms with E-state index in [1.54, 1.807) is 0 Å². The minimum Gasteiger partial charge on any atom is -0.480 e. The summed E-state index contributed by atoms with van der Waals surface area (Å²) in [5.74, 6) is -0.920. The highest BCUT2D eigenvalue weighted by Gasteiger charge is 2.33. The number of carboxylic acid groups (broad SMARTS) is 1. The monoisotopic (exact) mass is 284 g/mol. The Labute approximate surface area is 119 Å². The van der Waals surface area contributed by atoms with Gasteiger partial charge in [-0.25, -0.2) is 9.59 Å². The molecule has 1 aliphatic carbocycles. The summed E-state index contributed by atoms with van der Waals surface area (Å²) in [6.07, 6.45) is 7.60. The molecule has 0 aromatic carbocycles. The van der Waals surface area contributed by atoms with Gasteiger partial charge in [0.2, 0.25) is 0 Å². The first kappa shape index (κ1) is 15.1. The number of nitrogens with one attached hydrogen (secondary N) is 1. The molecule has 1 atom stereocenters. The normalized spacial score (nSPS) is 23.8. The van der Waals surface area contributed by atoms with Gasteiger partial charge in [0.05, 0.1) is 12.7 Å². The first-order valence-electron chi connectivity index (χ1n) is 7.57. The zero-order chi connectivity index (χ0) is 14.4. The Morgan fingerprint density at radius 3 is 2.60 bits per heavy atom. The first-order chi connectivity index (χ1) is 9.68. The van der Waals surface area contributed by atoms with Crippen molar-refractivity contribution in [2.45, 2.75) is 57.1 Å². The van der Waals surface area contributed by atoms with E-state index in [4.69, 9.17) is 9.84 Å². The molecule has 1 aliphatic heterocycles. The highest BCUT2D eigenvalue weighted by molar-refractivity contribution is 5.83. The zero-order valence-corrected chi connectivity index (χ0v) is 11.8. The van der Waals surface area contributed by atoms with Crippen LogP contribution in [0.25, 0.3) is 0 Å². The average molecular weight is 284 g/mol. The largest absolute Gasteiger partial charge is 0.480 e. The van der Waals surface area contributed by atoms with E-state index >= 15 is 0 Å². The van der Waals surface area contributed by atoms with Gasteiger partial charge >= 0.3 is 12.0 Å². The van der Waals surface area contributed by atoms with Crippen LogP contribution in [0.1, 0.15) is 44.9 Å². The third-order valence-corrected chi connectivity index (χ3v) is 4.08. The molecule has 20 heavy (non-hydrogen) atoms. The van der Waals surface area contributed by atoms with Crippen LogP contribution in [-0.4, -0.2) is 53.8 Å². The van der Waals surface area contributed by atoms with Crippen LogP contribution >= 0.6 is 0 Å². The number of hydrogen-bond donors (Lipinski definition) is 2. The fourth-order valence-electron chi connectivity index (χ4n) is 2.98. The van der Waals surface area contributed by atoms with Gasteiger partial charge in [0.25, 0.3) is 0 Å². The van der Waals surface area contributed by atoms with Crippen molar-refractivity contribution in [3.63, 3.8) is 0 Å². The summed E-state index contributed by atoms with van der Waals surface area (Å²) in [5, 5.41) is 11.8. The molecule has 6 heteroatoms. The van der Waals surface area contributed by atoms with Crippen LogP contribution in [-0.2, 0) is 9.53 Å². The van der Waals surface area contributed by atoms with Gasteiger partial charge in [-0.1, -0.05) is 19.3 Å². The lowest BCUT2D eigenvalue weighted by Gasteiger charge is -2.24. The number of rotatable bonds is 5. The number of urea groups is 1. The van der Waals surface area contributed by atoms with Crippen molar-refractivity contribution in [1.29, 1.82) is 0 Å². The number of ether oxygens (including phenoxy) is 1. The lowest BCUT2D eigenvalue weighted by molar-refractivity contribution is -0.141. The van der Waals surface area contributed by atoms with Crippen LogP contribution in [0.15, 0.2) is 0 Å². The van der Waals surface area contributed by atoms with Crippen molar-refractivity contribution in [3.05, 3.63) is 0 Å². The molecule has 1 unspecified atom stereocenters. The average Bonchev–Trinajstić information content (AvgIpc) is 2.94. The second kappa shape index (κ2) is 7.47. The van der Waals surface area contributed by atoms with Crippen LogP contribution in [0.5, 0.6) is 0 Å². The minimum atomic E-state index is -0.920. The number of nitrogens with zero attached hydrogens (tertiary/aromatic N) is 1. The van der Waals surface area contributed by atoms with Gasteiger partial charge < -0.3 is 20.1 Å². The van der Waals surface area contributed by atoms with E-state index in [1.807, 2.05) is 0 Å². The van der Waals surface area contributed by atoms with Crippen LogP contribution in [0.4, 0.5) is 4.79 Å². The number of likely N-dealkylation sites (tertiary alicyclic amines) is 1. The Balaban J connectivity index is 1.63. The molecule has 1 heterocycles. The fraction of sp³-hybridized carbons (Fsp3) is 0.857. The number of carbonyl (C=O) groups is 2. The molecular formula is C14H24N2O4. The molecule has 0 aromatic heterocycles. The summed E-state index contributed by atoms with van der Waals surface area (Å²) in [4.78, 5) is 24.3. The molecular weight excluding hydrogens is 260 g/mol. The second-order valence-corrected chi connectivity index (χ2v) is 5.55. The number of hydrogen-bond acceptors (Lipinski definition) is 3. The lowest BCUT2D eigenvalue weighted by Crippen LogP contribution is -2.46. The standard InChI is InChI=1S/C14H24N2O4/c17-13(18)12-7-4-9-16(12)14(19)15-8-10-20-11-5-2-1-3-6-11/h11-12H,1-10H2,(H,15,19)(H,17,18). The number of aliphatic carboxylic acids is 1. The third kappa shape index (κ3) is 4.10. The molecule has 2 aliphatic rings. The van der Waals surface area contributed by atoms with E-state index in [0.717, 1.165) is 19.3 Å². The Bertz CT molecular complexity index is 342. The SMILES string of the molecule is O=C(O)C1CCCN1C(=O)NCCOC1CCCCC1. The van der Waals surface area contributed by atoms with Crippen LogP contribution < -0.4 is 5.32 Å². The van der Waals surface area contributed by atoms with Crippen molar-refractivity contribution in [1.82, 2.24) is 10.2 Å². The van der Waals surface area contributed by atoms with Gasteiger partial charge in [0.15, 0.2) is 0 Å². The van der Waals surface area contributed by atoms with Crippen molar-refractivity contribution in [2.75, 3.05) is 19.7 Å². The highest BCUT2D eigenvalue weighted by atomic mass is 16.5. The molecule has 2 amide bonds. The molecule has 114 valence electrons. The first-order valence-corrected chi connectivity index (χ1v) is 7.57. The summed E-state index contributed by atoms with van der Waals surface area (Å²) in [6.45, 7) is 1.46. The molecule has 2 N–H and O–H groups in total. The van der Waals surface area contributed by atoms with Gasteiger partial charge in [-0.05, 0) is 25.7 Å². The van der Waals surface area contributed by atoms with Gasteiger partial charge in [0, 0.05) is 13.1 Å². The molecule has 0 aromatic rings. The maximum atomic E-state index is 11.9. The Morgan fingerprint density at radius 1 is 1.15 bits per heavy atom. The molecule has 1 saturated carbocycles. The molecule has 2 fully saturated rings. The van der Waals surface area contributed by atoms with E-state index in [-0.39, 0.29) is 6.03 Å². The van der Waals surface area contributed by atoms with E-state index in [0.29, 0.717) is 32.2 Å². The zero-order valence-electron chi connectivity index (χ0n) is 11.8. The molecule has 0 bridgehead atoms. The molecule has 2 rings (SSSR count). The number of carboxylic acids is 1. The molecule has 6 nitrogen and oxygen atoms in total. The summed E-state index contributed by atoms with van der Waals surface area (Å²) < 4.78 is 5.72. The van der Waals surface area contributed by atoms with Gasteiger partial charge in [-0.3, -0.25) is 0 Å². The van der Waals surface area contributed by atoms with Gasteiger partial charge in [-0.15, -0.1) is 0 Å². The molecule has 0 spiro atoms. The molecule has 1 saturated heterocycles. The van der Waals surface area contributed by atoms with Crippen LogP contribution in [0.2, 0.25) is 0 Å². The predicted molar refractivity (Wildman–Crippen MR) is 73.6 cm³/mol. The van der Waals surface area contributed by atoms with Crippen molar-refractivity contribution in [3.8, 4) is 0 Å². The minimum absolute atomic E-state index is 0.290. The molecule has 0 radical (unpaired) electrons. The maximum absolute atomic E-state index is 11.9. The number of carbonyl (C=O) groups excluding carboxylic acids is 1. The van der Waals surface area contributed by atoms with E-state index < -0.39 is 12.0 Å². The Kier molecular flexibility index (Phi) is 5.64. The number of amides is 2. The third-order valence-electron chi connectivity index (χ3n) is 4.08. The topological polar surface area (TPSA) is 78.9 Å². The Morgan fingerprint density at radius 2 is 1.90 bits per heavy atom. The van der Waals surface area contributed by atoms with Crippen molar-refractivity contribution < 1.29 is 19.4 Å². The smallest absolute Gasteiger partial charge is 0.326 e. The van der Waals surface area contributed by atoms with Gasteiger partial charge in [0.1, 0.15) is 6.04 Å². The second-order valence-electron chi connectivity index (χ2n) is 5.55. The van der Waals surface area contributed by atoms with Crippen LogP contribution in [0, 0.1) is 0 Å². The van der Waals surface area contributed by atoms with E-state index in [1.165, 1.54) is 24.2 Å². The fourth-order valence-corrected chi connectivity index (χ4v) is 2.98. The Hall–Kier alpha value is -1.30. The summed E-state index contributed by atoms with van der Waals surface area (Å²) in [7, 11) is 0. The highest BCUT2D eigenvalue weighted by Crippen LogP contribution is 2.20. The predicted octanol–water partition coefficient (Wildman–Crippen LogP) is 1.59. The summed E-state index contributed by atoms with van der Waals surface area (Å²) in [5.41, 5.74) is 0. The van der Waals surface area contributed by atoms with Crippen LogP contribution in [0.3, 0.4) is 0 Å². The van der Waals surface area contributed by atoms with Gasteiger partial charge in [-0.2, -0.15) is 0 Å². The van der Waals surface area contributed by atoms with E-state index in [2.05, 4.69) is 5.32 Å². The quantitative estimate of drug-likeness (QED) is 0.752.